The summed E-state index contributed by atoms with van der Waals surface area (Å²) in [6, 6.07) is 8.37. The van der Waals surface area contributed by atoms with Crippen molar-refractivity contribution in [3.8, 4) is 5.69 Å². The average Bonchev–Trinajstić information content (AvgIpc) is 2.86. The molecule has 17 heavy (non-hydrogen) atoms. The highest BCUT2D eigenvalue weighted by Crippen LogP contribution is 2.23. The molecule has 1 aromatic carbocycles. The van der Waals surface area contributed by atoms with Crippen molar-refractivity contribution in [3.63, 3.8) is 0 Å². The SMILES string of the molecule is CCc1nccn1-c1ccccc1[C@@H](N)CC. The van der Waals surface area contributed by atoms with E-state index in [2.05, 4.69) is 35.5 Å². The second-order valence-electron chi connectivity index (χ2n) is 4.14. The van der Waals surface area contributed by atoms with Gasteiger partial charge in [0.25, 0.3) is 0 Å². The maximum atomic E-state index is 6.16. The molecule has 1 heterocycles. The standard InChI is InChI=1S/C14H19N3/c1-3-12(15)11-7-5-6-8-13(11)17-10-9-16-14(17)4-2/h5-10,12H,3-4,15H2,1-2H3/t12-/m0/s1. The minimum Gasteiger partial charge on any atom is -0.324 e. The van der Waals surface area contributed by atoms with Crippen LogP contribution < -0.4 is 5.73 Å². The van der Waals surface area contributed by atoms with Gasteiger partial charge in [-0.15, -0.1) is 0 Å². The van der Waals surface area contributed by atoms with Crippen LogP contribution in [0.3, 0.4) is 0 Å². The Bertz CT molecular complexity index is 488. The predicted molar refractivity (Wildman–Crippen MR) is 70.2 cm³/mol. The van der Waals surface area contributed by atoms with Crippen LogP contribution in [0.2, 0.25) is 0 Å². The highest BCUT2D eigenvalue weighted by Gasteiger charge is 2.11. The number of nitrogens with two attached hydrogens (primary N) is 1. The molecule has 0 fully saturated rings. The summed E-state index contributed by atoms with van der Waals surface area (Å²) in [6.45, 7) is 4.22. The summed E-state index contributed by atoms with van der Waals surface area (Å²) in [6.07, 6.45) is 5.70. The molecular weight excluding hydrogens is 210 g/mol. The van der Waals surface area contributed by atoms with Crippen molar-refractivity contribution in [1.82, 2.24) is 9.55 Å². The number of hydrogen-bond donors (Lipinski definition) is 1. The smallest absolute Gasteiger partial charge is 0.112 e. The molecule has 2 aromatic rings. The minimum absolute atomic E-state index is 0.0818. The van der Waals surface area contributed by atoms with Gasteiger partial charge in [-0.2, -0.15) is 0 Å². The highest BCUT2D eigenvalue weighted by atomic mass is 15.1. The number of rotatable bonds is 4. The van der Waals surface area contributed by atoms with Crippen molar-refractivity contribution in [2.75, 3.05) is 0 Å². The third kappa shape index (κ3) is 2.24. The molecule has 1 atom stereocenters. The van der Waals surface area contributed by atoms with Crippen molar-refractivity contribution in [2.24, 2.45) is 5.73 Å². The maximum Gasteiger partial charge on any atom is 0.112 e. The Balaban J connectivity index is 2.52. The molecule has 0 saturated carbocycles. The number of aromatic nitrogens is 2. The van der Waals surface area contributed by atoms with E-state index in [1.54, 1.807) is 0 Å². The Morgan fingerprint density at radius 3 is 2.76 bits per heavy atom. The van der Waals surface area contributed by atoms with Gasteiger partial charge in [-0.25, -0.2) is 4.98 Å². The second-order valence-corrected chi connectivity index (χ2v) is 4.14. The normalized spacial score (nSPS) is 12.6. The summed E-state index contributed by atoms with van der Waals surface area (Å²) >= 11 is 0. The zero-order valence-corrected chi connectivity index (χ0v) is 10.4. The molecule has 2 N–H and O–H groups in total. The third-order valence-corrected chi connectivity index (χ3v) is 3.07. The monoisotopic (exact) mass is 229 g/mol. The summed E-state index contributed by atoms with van der Waals surface area (Å²) in [4.78, 5) is 4.36. The lowest BCUT2D eigenvalue weighted by Gasteiger charge is -2.16. The molecule has 90 valence electrons. The fraction of sp³-hybridized carbons (Fsp3) is 0.357. The molecule has 0 saturated heterocycles. The minimum atomic E-state index is 0.0818. The molecule has 0 spiro atoms. The fourth-order valence-corrected chi connectivity index (χ4v) is 2.06. The maximum absolute atomic E-state index is 6.16. The van der Waals surface area contributed by atoms with Crippen molar-refractivity contribution >= 4 is 0 Å². The molecule has 2 rings (SSSR count). The Morgan fingerprint density at radius 1 is 1.29 bits per heavy atom. The van der Waals surface area contributed by atoms with E-state index in [9.17, 15) is 0 Å². The number of imidazole rings is 1. The van der Waals surface area contributed by atoms with E-state index in [0.717, 1.165) is 24.4 Å². The van der Waals surface area contributed by atoms with Crippen LogP contribution in [0, 0.1) is 0 Å². The van der Waals surface area contributed by atoms with E-state index in [0.29, 0.717) is 0 Å². The van der Waals surface area contributed by atoms with E-state index in [4.69, 9.17) is 5.73 Å². The lowest BCUT2D eigenvalue weighted by Crippen LogP contribution is -2.13. The van der Waals surface area contributed by atoms with Crippen LogP contribution in [0.15, 0.2) is 36.7 Å². The number of aryl methyl sites for hydroxylation is 1. The van der Waals surface area contributed by atoms with Gasteiger partial charge in [0.1, 0.15) is 5.82 Å². The molecule has 3 heteroatoms. The molecule has 1 aromatic heterocycles. The molecule has 0 aliphatic carbocycles. The van der Waals surface area contributed by atoms with E-state index in [1.165, 1.54) is 5.56 Å². The van der Waals surface area contributed by atoms with Crippen LogP contribution in [0.25, 0.3) is 5.69 Å². The number of para-hydroxylation sites is 1. The first-order valence-electron chi connectivity index (χ1n) is 6.15. The van der Waals surface area contributed by atoms with Crippen molar-refractivity contribution in [2.45, 2.75) is 32.7 Å². The molecule has 0 bridgehead atoms. The highest BCUT2D eigenvalue weighted by molar-refractivity contribution is 5.43. The summed E-state index contributed by atoms with van der Waals surface area (Å²) in [5.74, 6) is 1.07. The number of benzene rings is 1. The summed E-state index contributed by atoms with van der Waals surface area (Å²) in [5.41, 5.74) is 8.49. The molecular formula is C14H19N3. The molecule has 0 radical (unpaired) electrons. The largest absolute Gasteiger partial charge is 0.324 e. The van der Waals surface area contributed by atoms with Gasteiger partial charge in [-0.1, -0.05) is 32.0 Å². The van der Waals surface area contributed by atoms with Crippen molar-refractivity contribution in [3.05, 3.63) is 48.0 Å². The van der Waals surface area contributed by atoms with Crippen LogP contribution in [-0.2, 0) is 6.42 Å². The van der Waals surface area contributed by atoms with Crippen LogP contribution in [0.5, 0.6) is 0 Å². The van der Waals surface area contributed by atoms with Gasteiger partial charge in [0.15, 0.2) is 0 Å². The van der Waals surface area contributed by atoms with Gasteiger partial charge in [0, 0.05) is 24.9 Å². The molecule has 3 nitrogen and oxygen atoms in total. The summed E-state index contributed by atoms with van der Waals surface area (Å²) < 4.78 is 2.13. The summed E-state index contributed by atoms with van der Waals surface area (Å²) in [7, 11) is 0. The molecule has 0 aliphatic rings. The first-order chi connectivity index (χ1) is 8.27. The van der Waals surface area contributed by atoms with Gasteiger partial charge >= 0.3 is 0 Å². The number of nitrogens with zero attached hydrogens (tertiary/aromatic N) is 2. The lowest BCUT2D eigenvalue weighted by molar-refractivity contribution is 0.690. The molecule has 0 unspecified atom stereocenters. The van der Waals surface area contributed by atoms with Crippen LogP contribution in [-0.4, -0.2) is 9.55 Å². The Kier molecular flexibility index (Phi) is 3.59. The van der Waals surface area contributed by atoms with Gasteiger partial charge < -0.3 is 10.3 Å². The van der Waals surface area contributed by atoms with Crippen molar-refractivity contribution in [1.29, 1.82) is 0 Å². The van der Waals surface area contributed by atoms with E-state index in [-0.39, 0.29) is 6.04 Å². The Hall–Kier alpha value is -1.61. The van der Waals surface area contributed by atoms with Gasteiger partial charge in [-0.3, -0.25) is 0 Å². The van der Waals surface area contributed by atoms with E-state index in [1.807, 2.05) is 24.5 Å². The van der Waals surface area contributed by atoms with Gasteiger partial charge in [0.2, 0.25) is 0 Å². The summed E-state index contributed by atoms with van der Waals surface area (Å²) in [5, 5.41) is 0. The molecule has 0 amide bonds. The topological polar surface area (TPSA) is 43.8 Å². The van der Waals surface area contributed by atoms with Gasteiger partial charge in [-0.05, 0) is 18.1 Å². The quantitative estimate of drug-likeness (QED) is 0.876. The fourth-order valence-electron chi connectivity index (χ4n) is 2.06. The first-order valence-corrected chi connectivity index (χ1v) is 6.15. The predicted octanol–water partition coefficient (Wildman–Crippen LogP) is 2.84. The van der Waals surface area contributed by atoms with E-state index < -0.39 is 0 Å². The lowest BCUT2D eigenvalue weighted by atomic mass is 10.0. The second kappa shape index (κ2) is 5.15. The Morgan fingerprint density at radius 2 is 2.06 bits per heavy atom. The first kappa shape index (κ1) is 11.9. The molecule has 0 aliphatic heterocycles. The zero-order valence-electron chi connectivity index (χ0n) is 10.4. The van der Waals surface area contributed by atoms with E-state index >= 15 is 0 Å². The van der Waals surface area contributed by atoms with Crippen LogP contribution >= 0.6 is 0 Å². The van der Waals surface area contributed by atoms with Gasteiger partial charge in [0.05, 0.1) is 5.69 Å². The Labute approximate surface area is 102 Å². The van der Waals surface area contributed by atoms with Crippen molar-refractivity contribution < 1.29 is 0 Å². The van der Waals surface area contributed by atoms with Crippen LogP contribution in [0.4, 0.5) is 0 Å². The third-order valence-electron chi connectivity index (χ3n) is 3.07. The number of hydrogen-bond acceptors (Lipinski definition) is 2. The zero-order chi connectivity index (χ0) is 12.3. The van der Waals surface area contributed by atoms with Crippen LogP contribution in [0.1, 0.15) is 37.7 Å². The average molecular weight is 229 g/mol.